The molecule has 0 aliphatic rings. The third-order valence-corrected chi connectivity index (χ3v) is 5.25. The van der Waals surface area contributed by atoms with Crippen molar-refractivity contribution >= 4 is 29.3 Å². The summed E-state index contributed by atoms with van der Waals surface area (Å²) in [5, 5.41) is 9.53. The molecule has 146 valence electrons. The Labute approximate surface area is 171 Å². The third kappa shape index (κ3) is 4.72. The van der Waals surface area contributed by atoms with Crippen LogP contribution in [0.15, 0.2) is 53.7 Å². The van der Waals surface area contributed by atoms with Crippen LogP contribution in [0.4, 0.5) is 4.39 Å². The van der Waals surface area contributed by atoms with Crippen molar-refractivity contribution in [3.63, 3.8) is 0 Å². The molecule has 0 saturated carbocycles. The number of halogens is 2. The van der Waals surface area contributed by atoms with Crippen LogP contribution in [0.5, 0.6) is 0 Å². The molecule has 8 heteroatoms. The number of esters is 1. The average molecular weight is 420 g/mol. The summed E-state index contributed by atoms with van der Waals surface area (Å²) in [6.07, 6.45) is 0.946. The summed E-state index contributed by atoms with van der Waals surface area (Å²) < 4.78 is 21.1. The van der Waals surface area contributed by atoms with Crippen molar-refractivity contribution in [2.75, 3.05) is 12.4 Å². The number of aromatic nitrogens is 3. The minimum Gasteiger partial charge on any atom is -0.466 e. The number of benzene rings is 2. The Hall–Kier alpha value is -2.38. The number of carbonyl (C=O) groups is 1. The molecule has 0 amide bonds. The van der Waals surface area contributed by atoms with Gasteiger partial charge in [-0.15, -0.1) is 10.2 Å². The number of ether oxygens (including phenoxy) is 1. The van der Waals surface area contributed by atoms with E-state index in [1.54, 1.807) is 35.8 Å². The standard InChI is InChI=1S/C20H19ClFN3O2S/c1-2-27-18(26)12-7-13-28-20-24-23-19(14-8-3-4-9-15(14)21)25(20)17-11-6-5-10-16(17)22/h3-6,8-11H,2,7,12-13H2,1H3. The molecule has 0 unspecified atom stereocenters. The quantitative estimate of drug-likeness (QED) is 0.286. The van der Waals surface area contributed by atoms with E-state index in [9.17, 15) is 9.18 Å². The van der Waals surface area contributed by atoms with Crippen LogP contribution in [-0.2, 0) is 9.53 Å². The van der Waals surface area contributed by atoms with Crippen molar-refractivity contribution in [2.24, 2.45) is 0 Å². The molecular weight excluding hydrogens is 401 g/mol. The van der Waals surface area contributed by atoms with Gasteiger partial charge in [0, 0.05) is 17.7 Å². The number of thioether (sulfide) groups is 1. The fourth-order valence-electron chi connectivity index (χ4n) is 2.64. The van der Waals surface area contributed by atoms with Crippen LogP contribution in [0.3, 0.4) is 0 Å². The highest BCUT2D eigenvalue weighted by atomic mass is 35.5. The number of hydrogen-bond acceptors (Lipinski definition) is 5. The molecule has 2 aromatic carbocycles. The molecule has 0 bridgehead atoms. The molecule has 5 nitrogen and oxygen atoms in total. The van der Waals surface area contributed by atoms with Crippen LogP contribution in [0.1, 0.15) is 19.8 Å². The van der Waals surface area contributed by atoms with Gasteiger partial charge < -0.3 is 4.74 Å². The van der Waals surface area contributed by atoms with E-state index in [4.69, 9.17) is 16.3 Å². The largest absolute Gasteiger partial charge is 0.466 e. The molecule has 28 heavy (non-hydrogen) atoms. The van der Waals surface area contributed by atoms with E-state index in [2.05, 4.69) is 10.2 Å². The Morgan fingerprint density at radius 1 is 1.18 bits per heavy atom. The van der Waals surface area contributed by atoms with Crippen LogP contribution in [-0.4, -0.2) is 33.1 Å². The minimum atomic E-state index is -0.385. The summed E-state index contributed by atoms with van der Waals surface area (Å²) in [5.74, 6) is 0.469. The predicted octanol–water partition coefficient (Wildman–Crippen LogP) is 5.16. The number of carbonyl (C=O) groups excluding carboxylic acids is 1. The Bertz CT molecular complexity index is 964. The molecule has 0 aliphatic carbocycles. The van der Waals surface area contributed by atoms with Crippen molar-refractivity contribution in [3.05, 3.63) is 59.4 Å². The normalized spacial score (nSPS) is 10.8. The maximum absolute atomic E-state index is 14.5. The lowest BCUT2D eigenvalue weighted by Crippen LogP contribution is -2.05. The minimum absolute atomic E-state index is 0.226. The van der Waals surface area contributed by atoms with Crippen molar-refractivity contribution in [1.82, 2.24) is 14.8 Å². The van der Waals surface area contributed by atoms with Gasteiger partial charge in [0.2, 0.25) is 0 Å². The fraction of sp³-hybridized carbons (Fsp3) is 0.250. The fourth-order valence-corrected chi connectivity index (χ4v) is 3.75. The zero-order valence-electron chi connectivity index (χ0n) is 15.3. The molecule has 0 radical (unpaired) electrons. The second kappa shape index (κ2) is 9.71. The second-order valence-corrected chi connectivity index (χ2v) is 7.30. The summed E-state index contributed by atoms with van der Waals surface area (Å²) in [6.45, 7) is 2.15. The smallest absolute Gasteiger partial charge is 0.305 e. The predicted molar refractivity (Wildman–Crippen MR) is 108 cm³/mol. The van der Waals surface area contributed by atoms with Gasteiger partial charge in [-0.25, -0.2) is 4.39 Å². The van der Waals surface area contributed by atoms with Gasteiger partial charge in [0.05, 0.1) is 17.3 Å². The van der Waals surface area contributed by atoms with Crippen LogP contribution >= 0.6 is 23.4 Å². The van der Waals surface area contributed by atoms with Gasteiger partial charge >= 0.3 is 5.97 Å². The SMILES string of the molecule is CCOC(=O)CCCSc1nnc(-c2ccccc2Cl)n1-c1ccccc1F. The van der Waals surface area contributed by atoms with E-state index in [1.807, 2.05) is 18.2 Å². The van der Waals surface area contributed by atoms with E-state index >= 15 is 0 Å². The van der Waals surface area contributed by atoms with Gasteiger partial charge in [-0.3, -0.25) is 9.36 Å². The second-order valence-electron chi connectivity index (χ2n) is 5.83. The van der Waals surface area contributed by atoms with Crippen molar-refractivity contribution in [3.8, 4) is 17.1 Å². The monoisotopic (exact) mass is 419 g/mol. The van der Waals surface area contributed by atoms with Gasteiger partial charge in [0.25, 0.3) is 0 Å². The van der Waals surface area contributed by atoms with E-state index in [0.717, 1.165) is 0 Å². The lowest BCUT2D eigenvalue weighted by atomic mass is 10.2. The molecule has 3 rings (SSSR count). The van der Waals surface area contributed by atoms with Crippen LogP contribution in [0.2, 0.25) is 5.02 Å². The zero-order valence-corrected chi connectivity index (χ0v) is 16.8. The molecular formula is C20H19ClFN3O2S. The number of nitrogens with zero attached hydrogens (tertiary/aromatic N) is 3. The van der Waals surface area contributed by atoms with E-state index in [0.29, 0.717) is 52.5 Å². The van der Waals surface area contributed by atoms with Gasteiger partial charge in [0.15, 0.2) is 11.0 Å². The molecule has 0 fully saturated rings. The molecule has 0 aliphatic heterocycles. The lowest BCUT2D eigenvalue weighted by molar-refractivity contribution is -0.143. The van der Waals surface area contributed by atoms with Crippen LogP contribution in [0.25, 0.3) is 17.1 Å². The first-order valence-corrected chi connectivity index (χ1v) is 10.2. The summed E-state index contributed by atoms with van der Waals surface area (Å²) >= 11 is 7.73. The molecule has 0 saturated heterocycles. The van der Waals surface area contributed by atoms with Crippen molar-refractivity contribution < 1.29 is 13.9 Å². The number of rotatable bonds is 8. The van der Waals surface area contributed by atoms with Gasteiger partial charge in [-0.05, 0) is 37.6 Å². The van der Waals surface area contributed by atoms with E-state index in [1.165, 1.54) is 17.8 Å². The molecule has 3 aromatic rings. The van der Waals surface area contributed by atoms with Crippen molar-refractivity contribution in [1.29, 1.82) is 0 Å². The highest BCUT2D eigenvalue weighted by Crippen LogP contribution is 2.32. The van der Waals surface area contributed by atoms with E-state index in [-0.39, 0.29) is 11.8 Å². The maximum Gasteiger partial charge on any atom is 0.305 e. The topological polar surface area (TPSA) is 57.0 Å². The zero-order chi connectivity index (χ0) is 19.9. The van der Waals surface area contributed by atoms with Crippen molar-refractivity contribution in [2.45, 2.75) is 24.9 Å². The van der Waals surface area contributed by atoms with Crippen LogP contribution < -0.4 is 0 Å². The molecule has 0 spiro atoms. The Balaban J connectivity index is 1.90. The van der Waals surface area contributed by atoms with Gasteiger partial charge in [-0.2, -0.15) is 0 Å². The molecule has 1 aromatic heterocycles. The molecule has 0 atom stereocenters. The molecule has 1 heterocycles. The average Bonchev–Trinajstić information content (AvgIpc) is 3.09. The summed E-state index contributed by atoms with van der Waals surface area (Å²) in [7, 11) is 0. The Kier molecular flexibility index (Phi) is 7.06. The van der Waals surface area contributed by atoms with Crippen LogP contribution in [0, 0.1) is 5.82 Å². The molecule has 0 N–H and O–H groups in total. The highest BCUT2D eigenvalue weighted by Gasteiger charge is 2.20. The van der Waals surface area contributed by atoms with Gasteiger partial charge in [-0.1, -0.05) is 47.6 Å². The van der Waals surface area contributed by atoms with E-state index < -0.39 is 0 Å². The summed E-state index contributed by atoms with van der Waals surface area (Å²) in [4.78, 5) is 11.5. The first kappa shape index (κ1) is 20.4. The summed E-state index contributed by atoms with van der Waals surface area (Å²) in [6, 6.07) is 13.7. The third-order valence-electron chi connectivity index (χ3n) is 3.90. The number of para-hydroxylation sites is 1. The number of hydrogen-bond donors (Lipinski definition) is 0. The maximum atomic E-state index is 14.5. The highest BCUT2D eigenvalue weighted by molar-refractivity contribution is 7.99. The lowest BCUT2D eigenvalue weighted by Gasteiger charge is -2.12. The first-order valence-electron chi connectivity index (χ1n) is 8.85. The Morgan fingerprint density at radius 2 is 1.93 bits per heavy atom. The summed E-state index contributed by atoms with van der Waals surface area (Å²) in [5.41, 5.74) is 1.01. The first-order chi connectivity index (χ1) is 13.6. The van der Waals surface area contributed by atoms with Gasteiger partial charge in [0.1, 0.15) is 5.82 Å². The Morgan fingerprint density at radius 3 is 2.68 bits per heavy atom.